The Kier molecular flexibility index (Phi) is 3.79. The average Bonchev–Trinajstić information content (AvgIpc) is 2.49. The SMILES string of the molecule is C=C1COC(=O)C(C(=O)OC)(c2cccc(OC)c2)C1. The summed E-state index contributed by atoms with van der Waals surface area (Å²) in [4.78, 5) is 24.5. The zero-order chi connectivity index (χ0) is 14.8. The summed E-state index contributed by atoms with van der Waals surface area (Å²) in [7, 11) is 2.76. The van der Waals surface area contributed by atoms with Gasteiger partial charge in [-0.2, -0.15) is 0 Å². The van der Waals surface area contributed by atoms with E-state index in [4.69, 9.17) is 14.2 Å². The molecule has 0 aromatic heterocycles. The highest BCUT2D eigenvalue weighted by atomic mass is 16.6. The van der Waals surface area contributed by atoms with Gasteiger partial charge in [-0.1, -0.05) is 18.7 Å². The normalized spacial score (nSPS) is 22.1. The molecule has 1 fully saturated rings. The molecule has 0 spiro atoms. The molecule has 2 rings (SSSR count). The molecule has 20 heavy (non-hydrogen) atoms. The quantitative estimate of drug-likeness (QED) is 0.477. The maximum atomic E-state index is 12.3. The predicted octanol–water partition coefficient (Wildman–Crippen LogP) is 1.61. The van der Waals surface area contributed by atoms with E-state index in [1.54, 1.807) is 24.3 Å². The molecule has 0 amide bonds. The van der Waals surface area contributed by atoms with Gasteiger partial charge < -0.3 is 14.2 Å². The van der Waals surface area contributed by atoms with Crippen LogP contribution in [0.15, 0.2) is 36.4 Å². The lowest BCUT2D eigenvalue weighted by Crippen LogP contribution is -2.49. The Labute approximate surface area is 117 Å². The largest absolute Gasteiger partial charge is 0.497 e. The van der Waals surface area contributed by atoms with Crippen LogP contribution in [0, 0.1) is 0 Å². The highest BCUT2D eigenvalue weighted by Crippen LogP contribution is 2.38. The molecule has 1 aromatic carbocycles. The van der Waals surface area contributed by atoms with Gasteiger partial charge >= 0.3 is 11.9 Å². The van der Waals surface area contributed by atoms with E-state index in [1.807, 2.05) is 0 Å². The smallest absolute Gasteiger partial charge is 0.328 e. The van der Waals surface area contributed by atoms with Crippen LogP contribution in [-0.2, 0) is 24.5 Å². The lowest BCUT2D eigenvalue weighted by molar-refractivity contribution is -0.165. The number of carbonyl (C=O) groups is 2. The van der Waals surface area contributed by atoms with Gasteiger partial charge in [-0.05, 0) is 23.3 Å². The van der Waals surface area contributed by atoms with Crippen LogP contribution < -0.4 is 4.74 Å². The van der Waals surface area contributed by atoms with Gasteiger partial charge in [0.15, 0.2) is 5.41 Å². The highest BCUT2D eigenvalue weighted by molar-refractivity contribution is 6.07. The van der Waals surface area contributed by atoms with Crippen molar-refractivity contribution in [2.45, 2.75) is 11.8 Å². The minimum absolute atomic E-state index is 0.127. The lowest BCUT2D eigenvalue weighted by atomic mass is 9.74. The average molecular weight is 276 g/mol. The molecule has 1 aliphatic heterocycles. The van der Waals surface area contributed by atoms with Crippen molar-refractivity contribution in [1.82, 2.24) is 0 Å². The Hall–Kier alpha value is -2.30. The van der Waals surface area contributed by atoms with Gasteiger partial charge in [0.05, 0.1) is 14.2 Å². The first-order chi connectivity index (χ1) is 9.54. The number of ether oxygens (including phenoxy) is 3. The molecular formula is C15H16O5. The van der Waals surface area contributed by atoms with Crippen molar-refractivity contribution in [3.05, 3.63) is 42.0 Å². The van der Waals surface area contributed by atoms with E-state index in [0.717, 1.165) is 0 Å². The van der Waals surface area contributed by atoms with E-state index in [-0.39, 0.29) is 13.0 Å². The zero-order valence-corrected chi connectivity index (χ0v) is 11.5. The lowest BCUT2D eigenvalue weighted by Gasteiger charge is -2.33. The van der Waals surface area contributed by atoms with Gasteiger partial charge in [-0.25, -0.2) is 0 Å². The van der Waals surface area contributed by atoms with Crippen molar-refractivity contribution in [2.24, 2.45) is 0 Å². The molecule has 0 radical (unpaired) electrons. The highest BCUT2D eigenvalue weighted by Gasteiger charge is 2.52. The number of hydrogen-bond acceptors (Lipinski definition) is 5. The summed E-state index contributed by atoms with van der Waals surface area (Å²) in [6, 6.07) is 6.76. The van der Waals surface area contributed by atoms with Crippen molar-refractivity contribution in [1.29, 1.82) is 0 Å². The first kappa shape index (κ1) is 14.1. The van der Waals surface area contributed by atoms with Crippen LogP contribution in [0.25, 0.3) is 0 Å². The van der Waals surface area contributed by atoms with E-state index in [2.05, 4.69) is 6.58 Å². The van der Waals surface area contributed by atoms with Gasteiger partial charge in [0.2, 0.25) is 0 Å². The number of carbonyl (C=O) groups excluding carboxylic acids is 2. The maximum Gasteiger partial charge on any atom is 0.328 e. The van der Waals surface area contributed by atoms with Crippen LogP contribution in [0.4, 0.5) is 0 Å². The molecule has 0 aliphatic carbocycles. The predicted molar refractivity (Wildman–Crippen MR) is 71.4 cm³/mol. The monoisotopic (exact) mass is 276 g/mol. The number of benzene rings is 1. The third-order valence-electron chi connectivity index (χ3n) is 3.37. The Morgan fingerprint density at radius 3 is 2.80 bits per heavy atom. The molecule has 1 heterocycles. The molecule has 1 atom stereocenters. The van der Waals surface area contributed by atoms with Crippen LogP contribution in [0.3, 0.4) is 0 Å². The van der Waals surface area contributed by atoms with E-state index >= 15 is 0 Å². The van der Waals surface area contributed by atoms with Gasteiger partial charge in [0.1, 0.15) is 12.4 Å². The minimum Gasteiger partial charge on any atom is -0.497 e. The molecule has 1 aromatic rings. The van der Waals surface area contributed by atoms with E-state index in [9.17, 15) is 9.59 Å². The van der Waals surface area contributed by atoms with Crippen LogP contribution in [0.2, 0.25) is 0 Å². The summed E-state index contributed by atoms with van der Waals surface area (Å²) in [6.07, 6.45) is 0.172. The van der Waals surface area contributed by atoms with E-state index in [0.29, 0.717) is 16.9 Å². The molecule has 1 aliphatic rings. The number of rotatable bonds is 3. The van der Waals surface area contributed by atoms with Crippen molar-refractivity contribution < 1.29 is 23.8 Å². The topological polar surface area (TPSA) is 61.8 Å². The summed E-state index contributed by atoms with van der Waals surface area (Å²) in [5.74, 6) is -0.726. The number of esters is 2. The first-order valence-corrected chi connectivity index (χ1v) is 6.11. The Balaban J connectivity index is 2.59. The Morgan fingerprint density at radius 2 is 2.15 bits per heavy atom. The van der Waals surface area contributed by atoms with Crippen LogP contribution in [0.1, 0.15) is 12.0 Å². The van der Waals surface area contributed by atoms with Gasteiger partial charge in [-0.3, -0.25) is 9.59 Å². The summed E-state index contributed by atoms with van der Waals surface area (Å²) < 4.78 is 15.0. The van der Waals surface area contributed by atoms with Crippen molar-refractivity contribution in [3.8, 4) is 5.75 Å². The summed E-state index contributed by atoms with van der Waals surface area (Å²) >= 11 is 0. The fourth-order valence-electron chi connectivity index (χ4n) is 2.35. The molecule has 0 bridgehead atoms. The van der Waals surface area contributed by atoms with E-state index < -0.39 is 17.4 Å². The second-order valence-corrected chi connectivity index (χ2v) is 4.63. The van der Waals surface area contributed by atoms with E-state index in [1.165, 1.54) is 14.2 Å². The zero-order valence-electron chi connectivity index (χ0n) is 11.5. The number of cyclic esters (lactones) is 1. The molecule has 5 nitrogen and oxygen atoms in total. The third kappa shape index (κ3) is 2.15. The first-order valence-electron chi connectivity index (χ1n) is 6.11. The van der Waals surface area contributed by atoms with Gasteiger partial charge in [0, 0.05) is 6.42 Å². The number of hydrogen-bond donors (Lipinski definition) is 0. The molecule has 0 saturated carbocycles. The Bertz CT molecular complexity index is 553. The van der Waals surface area contributed by atoms with Crippen molar-refractivity contribution in [2.75, 3.05) is 20.8 Å². The summed E-state index contributed by atoms with van der Waals surface area (Å²) in [5, 5.41) is 0. The molecule has 5 heteroatoms. The van der Waals surface area contributed by atoms with Crippen molar-refractivity contribution in [3.63, 3.8) is 0 Å². The van der Waals surface area contributed by atoms with Crippen LogP contribution >= 0.6 is 0 Å². The number of methoxy groups -OCH3 is 2. The summed E-state index contributed by atoms with van der Waals surface area (Å²) in [5.41, 5.74) is -0.356. The van der Waals surface area contributed by atoms with Crippen molar-refractivity contribution >= 4 is 11.9 Å². The van der Waals surface area contributed by atoms with Gasteiger partial charge in [-0.15, -0.1) is 0 Å². The molecule has 1 unspecified atom stereocenters. The second kappa shape index (κ2) is 5.36. The molecular weight excluding hydrogens is 260 g/mol. The fraction of sp³-hybridized carbons (Fsp3) is 0.333. The third-order valence-corrected chi connectivity index (χ3v) is 3.37. The minimum atomic E-state index is -1.50. The summed E-state index contributed by atoms with van der Waals surface area (Å²) in [6.45, 7) is 3.94. The molecule has 106 valence electrons. The van der Waals surface area contributed by atoms with Gasteiger partial charge in [0.25, 0.3) is 0 Å². The van der Waals surface area contributed by atoms with Crippen LogP contribution in [-0.4, -0.2) is 32.8 Å². The second-order valence-electron chi connectivity index (χ2n) is 4.63. The standard InChI is InChI=1S/C15H16O5/c1-10-8-15(13(16)19-3,14(17)20-9-10)11-5-4-6-12(7-11)18-2/h4-7H,1,8-9H2,2-3H3. The van der Waals surface area contributed by atoms with Crippen LogP contribution in [0.5, 0.6) is 5.75 Å². The molecule has 1 saturated heterocycles. The Morgan fingerprint density at radius 1 is 1.40 bits per heavy atom. The fourth-order valence-corrected chi connectivity index (χ4v) is 2.35. The maximum absolute atomic E-state index is 12.3. The molecule has 0 N–H and O–H groups in total.